The fraction of sp³-hybridized carbons (Fsp3) is 0.333. The van der Waals surface area contributed by atoms with Crippen molar-refractivity contribution in [2.24, 2.45) is 0 Å². The monoisotopic (exact) mass is 274 g/mol. The van der Waals surface area contributed by atoms with Crippen LogP contribution >= 0.6 is 27.5 Å². The maximum atomic E-state index is 11.5. The average Bonchev–Trinajstić information content (AvgIpc) is 2.45. The molecule has 3 nitrogen and oxygen atoms in total. The molecule has 1 amide bonds. The van der Waals surface area contributed by atoms with Crippen molar-refractivity contribution < 1.29 is 4.79 Å². The van der Waals surface area contributed by atoms with Crippen LogP contribution in [0.5, 0.6) is 0 Å². The summed E-state index contributed by atoms with van der Waals surface area (Å²) < 4.78 is 0. The maximum absolute atomic E-state index is 11.5. The number of amides is 1. The van der Waals surface area contributed by atoms with Crippen LogP contribution in [-0.4, -0.2) is 22.3 Å². The SMILES string of the molecule is O=C1CC(Br)CN1c1cc(Cl)ccn1. The summed E-state index contributed by atoms with van der Waals surface area (Å²) in [5.74, 6) is 0.714. The van der Waals surface area contributed by atoms with Crippen LogP contribution in [0.4, 0.5) is 5.82 Å². The van der Waals surface area contributed by atoms with Gasteiger partial charge in [-0.2, -0.15) is 0 Å². The molecule has 1 fully saturated rings. The van der Waals surface area contributed by atoms with E-state index in [4.69, 9.17) is 11.6 Å². The van der Waals surface area contributed by atoms with Crippen LogP contribution in [0.25, 0.3) is 0 Å². The van der Waals surface area contributed by atoms with Gasteiger partial charge < -0.3 is 0 Å². The topological polar surface area (TPSA) is 33.2 Å². The molecule has 1 unspecified atom stereocenters. The van der Waals surface area contributed by atoms with E-state index in [0.717, 1.165) is 0 Å². The van der Waals surface area contributed by atoms with E-state index >= 15 is 0 Å². The summed E-state index contributed by atoms with van der Waals surface area (Å²) in [6.45, 7) is 0.659. The molecule has 0 aliphatic carbocycles. The number of carbonyl (C=O) groups is 1. The number of hydrogen-bond donors (Lipinski definition) is 0. The lowest BCUT2D eigenvalue weighted by molar-refractivity contribution is -0.117. The van der Waals surface area contributed by atoms with E-state index in [1.54, 1.807) is 23.2 Å². The fourth-order valence-corrected chi connectivity index (χ4v) is 2.15. The minimum Gasteiger partial charge on any atom is -0.296 e. The predicted molar refractivity (Wildman–Crippen MR) is 58.9 cm³/mol. The Bertz CT molecular complexity index is 372. The van der Waals surface area contributed by atoms with Gasteiger partial charge in [-0.25, -0.2) is 4.98 Å². The normalized spacial score (nSPS) is 21.7. The van der Waals surface area contributed by atoms with Crippen LogP contribution in [0.3, 0.4) is 0 Å². The first-order valence-corrected chi connectivity index (χ1v) is 5.52. The molecule has 0 aromatic carbocycles. The van der Waals surface area contributed by atoms with Crippen LogP contribution in [0.2, 0.25) is 5.02 Å². The van der Waals surface area contributed by atoms with Crippen LogP contribution in [0.1, 0.15) is 6.42 Å². The average molecular weight is 276 g/mol. The molecule has 0 saturated carbocycles. The molecular weight excluding hydrogens is 267 g/mol. The molecule has 1 aliphatic heterocycles. The molecule has 14 heavy (non-hydrogen) atoms. The molecule has 0 bridgehead atoms. The van der Waals surface area contributed by atoms with Gasteiger partial charge in [0.15, 0.2) is 0 Å². The number of aromatic nitrogens is 1. The van der Waals surface area contributed by atoms with E-state index in [1.807, 2.05) is 0 Å². The lowest BCUT2D eigenvalue weighted by Crippen LogP contribution is -2.25. The Balaban J connectivity index is 2.27. The molecule has 1 aliphatic rings. The zero-order valence-corrected chi connectivity index (χ0v) is 9.62. The van der Waals surface area contributed by atoms with Crippen LogP contribution in [0, 0.1) is 0 Å². The van der Waals surface area contributed by atoms with Crippen LogP contribution in [-0.2, 0) is 4.79 Å². The second-order valence-electron chi connectivity index (χ2n) is 3.14. The van der Waals surface area contributed by atoms with Gasteiger partial charge in [0.25, 0.3) is 0 Å². The van der Waals surface area contributed by atoms with Gasteiger partial charge in [0.2, 0.25) is 5.91 Å². The standard InChI is InChI=1S/C9H8BrClN2O/c10-6-3-9(14)13(5-6)8-4-7(11)1-2-12-8/h1-2,4,6H,3,5H2. The Morgan fingerprint density at radius 3 is 3.00 bits per heavy atom. The van der Waals surface area contributed by atoms with Gasteiger partial charge in [-0.15, -0.1) is 0 Å². The Hall–Kier alpha value is -0.610. The number of alkyl halides is 1. The summed E-state index contributed by atoms with van der Waals surface area (Å²) >= 11 is 9.23. The lowest BCUT2D eigenvalue weighted by atomic mass is 10.4. The minimum atomic E-state index is 0.0849. The highest BCUT2D eigenvalue weighted by Gasteiger charge is 2.29. The van der Waals surface area contributed by atoms with E-state index < -0.39 is 0 Å². The van der Waals surface area contributed by atoms with Gasteiger partial charge >= 0.3 is 0 Å². The molecule has 0 N–H and O–H groups in total. The number of anilines is 1. The van der Waals surface area contributed by atoms with Crippen molar-refractivity contribution in [3.8, 4) is 0 Å². The first kappa shape index (κ1) is 9.93. The van der Waals surface area contributed by atoms with Crippen LogP contribution < -0.4 is 4.90 Å². The molecule has 5 heteroatoms. The molecule has 1 saturated heterocycles. The number of halogens is 2. The predicted octanol–water partition coefficient (Wildman–Crippen LogP) is 2.24. The quantitative estimate of drug-likeness (QED) is 0.737. The summed E-state index contributed by atoms with van der Waals surface area (Å²) in [5, 5.41) is 0.598. The van der Waals surface area contributed by atoms with E-state index in [-0.39, 0.29) is 10.7 Å². The number of hydrogen-bond acceptors (Lipinski definition) is 2. The maximum Gasteiger partial charge on any atom is 0.229 e. The summed E-state index contributed by atoms with van der Waals surface area (Å²) in [6.07, 6.45) is 2.13. The first-order valence-electron chi connectivity index (χ1n) is 4.23. The Morgan fingerprint density at radius 2 is 2.43 bits per heavy atom. The van der Waals surface area contributed by atoms with E-state index in [0.29, 0.717) is 23.8 Å². The van der Waals surface area contributed by atoms with E-state index in [2.05, 4.69) is 20.9 Å². The van der Waals surface area contributed by atoms with E-state index in [9.17, 15) is 4.79 Å². The van der Waals surface area contributed by atoms with Crippen molar-refractivity contribution in [2.75, 3.05) is 11.4 Å². The minimum absolute atomic E-state index is 0.0849. The fourth-order valence-electron chi connectivity index (χ4n) is 1.43. The molecule has 74 valence electrons. The van der Waals surface area contributed by atoms with Crippen molar-refractivity contribution in [3.63, 3.8) is 0 Å². The number of pyridine rings is 1. The van der Waals surface area contributed by atoms with Crippen molar-refractivity contribution in [3.05, 3.63) is 23.4 Å². The molecule has 0 spiro atoms. The summed E-state index contributed by atoms with van der Waals surface area (Å²) in [7, 11) is 0. The second kappa shape index (κ2) is 3.87. The van der Waals surface area contributed by atoms with Gasteiger partial charge in [0.05, 0.1) is 0 Å². The summed E-state index contributed by atoms with van der Waals surface area (Å²) in [6, 6.07) is 3.39. The van der Waals surface area contributed by atoms with Gasteiger partial charge in [-0.05, 0) is 12.1 Å². The van der Waals surface area contributed by atoms with Crippen molar-refractivity contribution in [1.29, 1.82) is 0 Å². The number of rotatable bonds is 1. The van der Waals surface area contributed by atoms with Crippen molar-refractivity contribution in [1.82, 2.24) is 4.98 Å². The molecular formula is C9H8BrClN2O. The van der Waals surface area contributed by atoms with Gasteiger partial charge in [-0.3, -0.25) is 9.69 Å². The highest BCUT2D eigenvalue weighted by Crippen LogP contribution is 2.24. The highest BCUT2D eigenvalue weighted by atomic mass is 79.9. The Kier molecular flexibility index (Phi) is 2.74. The lowest BCUT2D eigenvalue weighted by Gasteiger charge is -2.14. The first-order chi connectivity index (χ1) is 6.66. The van der Waals surface area contributed by atoms with Crippen LogP contribution in [0.15, 0.2) is 18.3 Å². The third-order valence-electron chi connectivity index (χ3n) is 2.06. The Labute approximate surface area is 95.2 Å². The largest absolute Gasteiger partial charge is 0.296 e. The summed E-state index contributed by atoms with van der Waals surface area (Å²) in [4.78, 5) is 17.5. The molecule has 2 rings (SSSR count). The van der Waals surface area contributed by atoms with Gasteiger partial charge in [0, 0.05) is 29.0 Å². The smallest absolute Gasteiger partial charge is 0.229 e. The third-order valence-corrected chi connectivity index (χ3v) is 2.91. The third kappa shape index (κ3) is 1.91. The van der Waals surface area contributed by atoms with Crippen molar-refractivity contribution >= 4 is 39.3 Å². The second-order valence-corrected chi connectivity index (χ2v) is 4.87. The van der Waals surface area contributed by atoms with Crippen molar-refractivity contribution in [2.45, 2.75) is 11.2 Å². The molecule has 1 aromatic heterocycles. The number of carbonyl (C=O) groups excluding carboxylic acids is 1. The van der Waals surface area contributed by atoms with Gasteiger partial charge in [-0.1, -0.05) is 27.5 Å². The molecule has 2 heterocycles. The zero-order valence-electron chi connectivity index (χ0n) is 7.28. The summed E-state index contributed by atoms with van der Waals surface area (Å²) in [5.41, 5.74) is 0. The van der Waals surface area contributed by atoms with Gasteiger partial charge in [0.1, 0.15) is 5.82 Å². The number of nitrogens with zero attached hydrogens (tertiary/aromatic N) is 2. The zero-order chi connectivity index (χ0) is 10.1. The Morgan fingerprint density at radius 1 is 1.64 bits per heavy atom. The molecule has 1 atom stereocenters. The highest BCUT2D eigenvalue weighted by molar-refractivity contribution is 9.09. The van der Waals surface area contributed by atoms with E-state index in [1.165, 1.54) is 0 Å². The molecule has 1 aromatic rings. The molecule has 0 radical (unpaired) electrons.